The van der Waals surface area contributed by atoms with Crippen LogP contribution in [0.5, 0.6) is 0 Å². The van der Waals surface area contributed by atoms with Crippen LogP contribution in [-0.4, -0.2) is 57.3 Å². The van der Waals surface area contributed by atoms with Gasteiger partial charge < -0.3 is 25.7 Å². The summed E-state index contributed by atoms with van der Waals surface area (Å²) in [6, 6.07) is -1.01. The number of aliphatic hydroxyl groups is 4. The lowest BCUT2D eigenvalue weighted by atomic mass is 10.00. The van der Waals surface area contributed by atoms with Gasteiger partial charge in [-0.25, -0.2) is 0 Å². The normalized spacial score (nSPS) is 13.8. The molecule has 0 radical (unpaired) electrons. The van der Waals surface area contributed by atoms with Gasteiger partial charge >= 0.3 is 0 Å². The second-order valence-corrected chi connectivity index (χ2v) is 23.1. The molecule has 442 valence electrons. The number of hydrogen-bond acceptors (Lipinski definition) is 5. The van der Waals surface area contributed by atoms with E-state index in [4.69, 9.17) is 0 Å². The number of rotatable bonds is 62. The zero-order valence-corrected chi connectivity index (χ0v) is 50.3. The highest BCUT2D eigenvalue weighted by atomic mass is 16.3. The molecule has 0 fully saturated rings. The van der Waals surface area contributed by atoms with Crippen molar-refractivity contribution >= 4 is 5.91 Å². The summed E-state index contributed by atoms with van der Waals surface area (Å²) in [5.74, 6) is -0.595. The molecule has 0 heterocycles. The number of unbranched alkanes of at least 4 members (excludes halogenated alkanes) is 45. The van der Waals surface area contributed by atoms with Gasteiger partial charge in [-0.05, 0) is 89.9 Å². The van der Waals surface area contributed by atoms with Crippen LogP contribution in [0.2, 0.25) is 0 Å². The molecule has 6 heteroatoms. The average molecular weight is 1050 g/mol. The first-order valence-corrected chi connectivity index (χ1v) is 33.5. The van der Waals surface area contributed by atoms with Gasteiger partial charge in [0, 0.05) is 0 Å². The van der Waals surface area contributed by atoms with Crippen molar-refractivity contribution < 1.29 is 25.2 Å². The molecule has 0 spiro atoms. The van der Waals surface area contributed by atoms with Crippen molar-refractivity contribution in [2.24, 2.45) is 0 Å². The number of hydrogen-bond donors (Lipinski definition) is 5. The van der Waals surface area contributed by atoms with E-state index in [1.165, 1.54) is 270 Å². The van der Waals surface area contributed by atoms with Gasteiger partial charge in [-0.1, -0.05) is 313 Å². The zero-order chi connectivity index (χ0) is 54.4. The maximum absolute atomic E-state index is 12.6. The molecule has 0 aromatic carbocycles. The third-order valence-electron chi connectivity index (χ3n) is 15.7. The second kappa shape index (κ2) is 63.1. The minimum atomic E-state index is -1.30. The molecular weight excluding hydrogens is 923 g/mol. The van der Waals surface area contributed by atoms with Gasteiger partial charge in [-0.15, -0.1) is 0 Å². The summed E-state index contributed by atoms with van der Waals surface area (Å²) in [7, 11) is 0. The molecule has 4 unspecified atom stereocenters. The molecule has 0 aromatic rings. The fraction of sp³-hybridized carbons (Fsp3) is 0.870. The van der Waals surface area contributed by atoms with Crippen molar-refractivity contribution in [1.82, 2.24) is 5.32 Å². The number of aliphatic hydroxyl groups excluding tert-OH is 4. The topological polar surface area (TPSA) is 110 Å². The van der Waals surface area contributed by atoms with Crippen LogP contribution in [0.25, 0.3) is 0 Å². The third-order valence-corrected chi connectivity index (χ3v) is 15.7. The van der Waals surface area contributed by atoms with Crippen LogP contribution in [0.3, 0.4) is 0 Å². The van der Waals surface area contributed by atoms with E-state index in [-0.39, 0.29) is 0 Å². The van der Waals surface area contributed by atoms with Gasteiger partial charge in [0.15, 0.2) is 0 Å². The molecule has 0 saturated carbocycles. The Labute approximate surface area is 468 Å². The summed E-state index contributed by atoms with van der Waals surface area (Å²) in [5.41, 5.74) is 0. The molecular formula is C69H131NO5. The summed E-state index contributed by atoms with van der Waals surface area (Å²) < 4.78 is 0. The summed E-state index contributed by atoms with van der Waals surface area (Å²) in [4.78, 5) is 12.6. The number of amides is 1. The highest BCUT2D eigenvalue weighted by Gasteiger charge is 2.28. The van der Waals surface area contributed by atoms with Crippen LogP contribution in [0.15, 0.2) is 48.6 Å². The first-order chi connectivity index (χ1) is 37.0. The Morgan fingerprint density at radius 3 is 0.840 bits per heavy atom. The Hall–Kier alpha value is -1.73. The van der Waals surface area contributed by atoms with Gasteiger partial charge in [-0.3, -0.25) is 4.79 Å². The van der Waals surface area contributed by atoms with Gasteiger partial charge in [0.05, 0.1) is 18.8 Å². The molecule has 1 amide bonds. The summed E-state index contributed by atoms with van der Waals surface area (Å²) in [6.07, 6.45) is 82.3. The van der Waals surface area contributed by atoms with Gasteiger partial charge in [-0.2, -0.15) is 0 Å². The lowest BCUT2D eigenvalue weighted by Crippen LogP contribution is -2.53. The maximum Gasteiger partial charge on any atom is 0.249 e. The first-order valence-electron chi connectivity index (χ1n) is 33.5. The standard InChI is InChI=1S/C69H131NO5/c1-3-5-7-9-11-13-15-17-19-21-23-25-27-29-30-31-32-33-34-35-36-37-39-41-43-45-47-49-51-53-55-57-59-61-63-67(73)69(75)70-65(64-71)68(74)66(72)62-60-58-56-54-52-50-48-46-44-42-40-38-28-26-24-22-20-18-16-14-12-10-8-6-4-2/h31-32,38,40,46,48,54,56,65-68,71-74H,3-30,33-37,39,41-45,47,49-53,55,57-64H2,1-2H3,(H,70,75)/b32-31-,40-38+,48-46+,56-54+. The Balaban J connectivity index is 3.61. The molecule has 6 nitrogen and oxygen atoms in total. The predicted molar refractivity (Wildman–Crippen MR) is 330 cm³/mol. The van der Waals surface area contributed by atoms with E-state index in [2.05, 4.69) is 67.8 Å². The van der Waals surface area contributed by atoms with E-state index in [1.54, 1.807) is 0 Å². The zero-order valence-electron chi connectivity index (χ0n) is 50.3. The van der Waals surface area contributed by atoms with Crippen LogP contribution in [0, 0.1) is 0 Å². The molecule has 0 aliphatic heterocycles. The fourth-order valence-electron chi connectivity index (χ4n) is 10.5. The van der Waals surface area contributed by atoms with E-state index in [0.29, 0.717) is 19.3 Å². The molecule has 0 rings (SSSR count). The average Bonchev–Trinajstić information content (AvgIpc) is 3.42. The molecule has 0 aliphatic rings. The third kappa shape index (κ3) is 56.8. The number of carbonyl (C=O) groups excluding carboxylic acids is 1. The highest BCUT2D eigenvalue weighted by molar-refractivity contribution is 5.80. The smallest absolute Gasteiger partial charge is 0.249 e. The van der Waals surface area contributed by atoms with E-state index in [1.807, 2.05) is 0 Å². The molecule has 75 heavy (non-hydrogen) atoms. The highest BCUT2D eigenvalue weighted by Crippen LogP contribution is 2.18. The SMILES string of the molecule is CCCCCCCCCCCCCC/C=C/CC/C=C/CC/C=C/CCCC(O)C(O)C(CO)NC(=O)C(O)CCCCCCCCCCCCCCCCCC/C=C\CCCCCCCCCCCCCCCC. The van der Waals surface area contributed by atoms with Crippen molar-refractivity contribution in [3.05, 3.63) is 48.6 Å². The Bertz CT molecular complexity index is 1230. The Morgan fingerprint density at radius 1 is 0.320 bits per heavy atom. The summed E-state index contributed by atoms with van der Waals surface area (Å²) in [5, 5.41) is 44.1. The van der Waals surface area contributed by atoms with Crippen molar-refractivity contribution in [3.8, 4) is 0 Å². The van der Waals surface area contributed by atoms with Crippen LogP contribution in [-0.2, 0) is 4.79 Å². The summed E-state index contributed by atoms with van der Waals surface area (Å²) >= 11 is 0. The van der Waals surface area contributed by atoms with Crippen LogP contribution >= 0.6 is 0 Å². The lowest BCUT2D eigenvalue weighted by Gasteiger charge is -2.27. The van der Waals surface area contributed by atoms with Crippen molar-refractivity contribution in [1.29, 1.82) is 0 Å². The van der Waals surface area contributed by atoms with Gasteiger partial charge in [0.2, 0.25) is 5.91 Å². The number of allylic oxidation sites excluding steroid dienone is 8. The van der Waals surface area contributed by atoms with Gasteiger partial charge in [0.25, 0.3) is 0 Å². The van der Waals surface area contributed by atoms with Crippen LogP contribution in [0.4, 0.5) is 0 Å². The van der Waals surface area contributed by atoms with E-state index in [0.717, 1.165) is 51.4 Å². The van der Waals surface area contributed by atoms with E-state index in [9.17, 15) is 25.2 Å². The monoisotopic (exact) mass is 1050 g/mol. The maximum atomic E-state index is 12.6. The minimum absolute atomic E-state index is 0.360. The van der Waals surface area contributed by atoms with Crippen molar-refractivity contribution in [3.63, 3.8) is 0 Å². The molecule has 0 bridgehead atoms. The van der Waals surface area contributed by atoms with E-state index < -0.39 is 36.9 Å². The van der Waals surface area contributed by atoms with E-state index >= 15 is 0 Å². The number of carbonyl (C=O) groups is 1. The van der Waals surface area contributed by atoms with Crippen molar-refractivity contribution in [2.75, 3.05) is 6.61 Å². The largest absolute Gasteiger partial charge is 0.394 e. The summed E-state index contributed by atoms with van der Waals surface area (Å²) in [6.45, 7) is 4.08. The van der Waals surface area contributed by atoms with Crippen molar-refractivity contribution in [2.45, 2.75) is 379 Å². The molecule has 4 atom stereocenters. The quantitative estimate of drug-likeness (QED) is 0.0308. The van der Waals surface area contributed by atoms with Crippen LogP contribution < -0.4 is 5.32 Å². The molecule has 0 aromatic heterocycles. The lowest BCUT2D eigenvalue weighted by molar-refractivity contribution is -0.132. The Morgan fingerprint density at radius 2 is 0.560 bits per heavy atom. The van der Waals surface area contributed by atoms with Gasteiger partial charge in [0.1, 0.15) is 12.2 Å². The van der Waals surface area contributed by atoms with Crippen LogP contribution in [0.1, 0.15) is 354 Å². The second-order valence-electron chi connectivity index (χ2n) is 23.1. The fourth-order valence-corrected chi connectivity index (χ4v) is 10.5. The Kier molecular flexibility index (Phi) is 61.6. The molecule has 0 aliphatic carbocycles. The molecule has 0 saturated heterocycles. The predicted octanol–water partition coefficient (Wildman–Crippen LogP) is 20.5. The minimum Gasteiger partial charge on any atom is -0.394 e. The number of nitrogens with one attached hydrogen (secondary N) is 1. The molecule has 5 N–H and O–H groups in total. The first kappa shape index (κ1) is 73.3.